The van der Waals surface area contributed by atoms with E-state index in [9.17, 15) is 9.90 Å². The average Bonchev–Trinajstić information content (AvgIpc) is 2.26. The second-order valence-corrected chi connectivity index (χ2v) is 3.73. The smallest absolute Gasteiger partial charge is 0.335 e. The van der Waals surface area contributed by atoms with Crippen LogP contribution in [0.4, 0.5) is 4.79 Å². The molecule has 0 saturated heterocycles. The van der Waals surface area contributed by atoms with Gasteiger partial charge in [-0.2, -0.15) is 5.10 Å². The Morgan fingerprint density at radius 2 is 2.00 bits per heavy atom. The molecule has 2 amide bonds. The number of nitrogens with zero attached hydrogens (tertiary/aromatic N) is 1. The van der Waals surface area contributed by atoms with Crippen LogP contribution in [-0.4, -0.2) is 23.9 Å². The Hall–Kier alpha value is -2.04. The van der Waals surface area contributed by atoms with Crippen LogP contribution >= 0.6 is 0 Å². The molecule has 0 bridgehead atoms. The van der Waals surface area contributed by atoms with Gasteiger partial charge >= 0.3 is 6.03 Å². The van der Waals surface area contributed by atoms with Gasteiger partial charge < -0.3 is 10.4 Å². The van der Waals surface area contributed by atoms with Crippen LogP contribution in [-0.2, 0) is 0 Å². The fourth-order valence-electron chi connectivity index (χ4n) is 1.43. The summed E-state index contributed by atoms with van der Waals surface area (Å²) >= 11 is 0. The monoisotopic (exact) mass is 235 g/mol. The van der Waals surface area contributed by atoms with Gasteiger partial charge in [0.1, 0.15) is 5.75 Å². The third-order valence-electron chi connectivity index (χ3n) is 2.23. The molecule has 1 aromatic carbocycles. The molecule has 0 atom stereocenters. The normalized spacial score (nSPS) is 10.5. The lowest BCUT2D eigenvalue weighted by molar-refractivity contribution is 0.242. The number of hydrazone groups is 1. The first-order valence-electron chi connectivity index (χ1n) is 5.41. The number of carbonyl (C=O) groups is 1. The number of hydrogen-bond acceptors (Lipinski definition) is 3. The highest BCUT2D eigenvalue weighted by molar-refractivity contribution is 5.82. The fraction of sp³-hybridized carbons (Fsp3) is 0.333. The summed E-state index contributed by atoms with van der Waals surface area (Å²) in [6.45, 7) is 6.02. The van der Waals surface area contributed by atoms with Crippen molar-refractivity contribution in [3.8, 4) is 5.75 Å². The molecule has 0 heterocycles. The van der Waals surface area contributed by atoms with Gasteiger partial charge in [0.25, 0.3) is 0 Å². The van der Waals surface area contributed by atoms with E-state index in [0.29, 0.717) is 12.3 Å². The van der Waals surface area contributed by atoms with Crippen molar-refractivity contribution in [3.63, 3.8) is 0 Å². The molecular formula is C12H17N3O2. The standard InChI is InChI=1S/C12H17N3O2/c1-4-13-12(17)15-14-7-10-5-8(2)11(16)9(3)6-10/h5-7,16H,4H2,1-3H3,(H2,13,15,17)/b14-7+. The number of urea groups is 1. The van der Waals surface area contributed by atoms with E-state index in [1.807, 2.05) is 20.8 Å². The van der Waals surface area contributed by atoms with Crippen molar-refractivity contribution >= 4 is 12.2 Å². The first-order chi connectivity index (χ1) is 8.04. The van der Waals surface area contributed by atoms with Crippen molar-refractivity contribution in [3.05, 3.63) is 28.8 Å². The largest absolute Gasteiger partial charge is 0.507 e. The van der Waals surface area contributed by atoms with Crippen LogP contribution in [0.5, 0.6) is 5.75 Å². The third-order valence-corrected chi connectivity index (χ3v) is 2.23. The Morgan fingerprint density at radius 1 is 1.41 bits per heavy atom. The van der Waals surface area contributed by atoms with E-state index >= 15 is 0 Å². The van der Waals surface area contributed by atoms with Crippen LogP contribution in [0.15, 0.2) is 17.2 Å². The summed E-state index contributed by atoms with van der Waals surface area (Å²) in [5, 5.41) is 16.0. The molecule has 0 saturated carbocycles. The molecule has 1 aromatic rings. The lowest BCUT2D eigenvalue weighted by Crippen LogP contribution is -2.31. The number of phenolic OH excluding ortho intramolecular Hbond substituents is 1. The predicted octanol–water partition coefficient (Wildman–Crippen LogP) is 1.66. The van der Waals surface area contributed by atoms with Gasteiger partial charge in [0.15, 0.2) is 0 Å². The van der Waals surface area contributed by atoms with E-state index in [1.54, 1.807) is 12.1 Å². The minimum absolute atomic E-state index is 0.291. The fourth-order valence-corrected chi connectivity index (χ4v) is 1.43. The van der Waals surface area contributed by atoms with Crippen LogP contribution in [0.3, 0.4) is 0 Å². The maximum Gasteiger partial charge on any atom is 0.335 e. The van der Waals surface area contributed by atoms with Crippen molar-refractivity contribution in [1.29, 1.82) is 0 Å². The lowest BCUT2D eigenvalue weighted by Gasteiger charge is -2.04. The molecule has 0 spiro atoms. The Balaban J connectivity index is 2.69. The van der Waals surface area contributed by atoms with E-state index in [-0.39, 0.29) is 6.03 Å². The molecule has 17 heavy (non-hydrogen) atoms. The minimum Gasteiger partial charge on any atom is -0.507 e. The molecule has 92 valence electrons. The summed E-state index contributed by atoms with van der Waals surface area (Å²) in [6.07, 6.45) is 1.54. The zero-order valence-corrected chi connectivity index (χ0v) is 10.2. The van der Waals surface area contributed by atoms with Crippen molar-refractivity contribution in [2.24, 2.45) is 5.10 Å². The van der Waals surface area contributed by atoms with Crippen LogP contribution in [0, 0.1) is 13.8 Å². The molecule has 0 unspecified atom stereocenters. The topological polar surface area (TPSA) is 73.7 Å². The van der Waals surface area contributed by atoms with E-state index < -0.39 is 0 Å². The van der Waals surface area contributed by atoms with Crippen molar-refractivity contribution in [2.75, 3.05) is 6.54 Å². The van der Waals surface area contributed by atoms with E-state index in [1.165, 1.54) is 6.21 Å². The van der Waals surface area contributed by atoms with Gasteiger partial charge in [0.05, 0.1) is 6.21 Å². The molecule has 0 radical (unpaired) electrons. The molecule has 5 nitrogen and oxygen atoms in total. The highest BCUT2D eigenvalue weighted by Crippen LogP contribution is 2.21. The third kappa shape index (κ3) is 3.79. The number of hydrogen-bond donors (Lipinski definition) is 3. The van der Waals surface area contributed by atoms with Crippen molar-refractivity contribution in [2.45, 2.75) is 20.8 Å². The Kier molecular flexibility index (Phi) is 4.51. The lowest BCUT2D eigenvalue weighted by atomic mass is 10.1. The number of amides is 2. The number of aryl methyl sites for hydroxylation is 2. The highest BCUT2D eigenvalue weighted by atomic mass is 16.3. The van der Waals surface area contributed by atoms with Gasteiger partial charge in [-0.3, -0.25) is 0 Å². The summed E-state index contributed by atoms with van der Waals surface area (Å²) in [7, 11) is 0. The minimum atomic E-state index is -0.337. The van der Waals surface area contributed by atoms with Gasteiger partial charge in [-0.1, -0.05) is 0 Å². The van der Waals surface area contributed by atoms with Crippen molar-refractivity contribution in [1.82, 2.24) is 10.7 Å². The van der Waals surface area contributed by atoms with Gasteiger partial charge in [-0.25, -0.2) is 10.2 Å². The summed E-state index contributed by atoms with van der Waals surface area (Å²) in [5.74, 6) is 0.291. The Labute approximate surface area is 101 Å². The molecule has 0 aliphatic carbocycles. The first-order valence-corrected chi connectivity index (χ1v) is 5.41. The maximum absolute atomic E-state index is 11.0. The maximum atomic E-state index is 11.0. The number of benzene rings is 1. The zero-order valence-electron chi connectivity index (χ0n) is 10.2. The van der Waals surface area contributed by atoms with Crippen LogP contribution < -0.4 is 10.7 Å². The average molecular weight is 235 g/mol. The van der Waals surface area contributed by atoms with Crippen LogP contribution in [0.1, 0.15) is 23.6 Å². The Morgan fingerprint density at radius 3 is 2.53 bits per heavy atom. The number of nitrogens with one attached hydrogen (secondary N) is 2. The molecule has 0 aromatic heterocycles. The van der Waals surface area contributed by atoms with E-state index in [4.69, 9.17) is 0 Å². The van der Waals surface area contributed by atoms with E-state index in [0.717, 1.165) is 16.7 Å². The molecular weight excluding hydrogens is 218 g/mol. The van der Waals surface area contributed by atoms with Gasteiger partial charge in [-0.05, 0) is 49.6 Å². The van der Waals surface area contributed by atoms with Gasteiger partial charge in [-0.15, -0.1) is 0 Å². The molecule has 0 aliphatic heterocycles. The van der Waals surface area contributed by atoms with Crippen LogP contribution in [0.25, 0.3) is 0 Å². The van der Waals surface area contributed by atoms with E-state index in [2.05, 4.69) is 15.8 Å². The first kappa shape index (κ1) is 13.0. The van der Waals surface area contributed by atoms with Crippen LogP contribution in [0.2, 0.25) is 0 Å². The second-order valence-electron chi connectivity index (χ2n) is 3.73. The number of rotatable bonds is 3. The van der Waals surface area contributed by atoms with Gasteiger partial charge in [0, 0.05) is 6.54 Å². The highest BCUT2D eigenvalue weighted by Gasteiger charge is 2.01. The molecule has 1 rings (SSSR count). The summed E-state index contributed by atoms with van der Waals surface area (Å²) < 4.78 is 0. The second kappa shape index (κ2) is 5.89. The zero-order chi connectivity index (χ0) is 12.8. The van der Waals surface area contributed by atoms with Crippen molar-refractivity contribution < 1.29 is 9.90 Å². The Bertz CT molecular complexity index is 418. The number of carbonyl (C=O) groups excluding carboxylic acids is 1. The molecule has 0 aliphatic rings. The SMILES string of the molecule is CCNC(=O)N/N=C/c1cc(C)c(O)c(C)c1. The van der Waals surface area contributed by atoms with Gasteiger partial charge in [0.2, 0.25) is 0 Å². The number of phenols is 1. The molecule has 3 N–H and O–H groups in total. The quantitative estimate of drug-likeness (QED) is 0.550. The summed E-state index contributed by atoms with van der Waals surface area (Å²) in [4.78, 5) is 11.0. The predicted molar refractivity (Wildman–Crippen MR) is 67.4 cm³/mol. The summed E-state index contributed by atoms with van der Waals surface area (Å²) in [6, 6.07) is 3.26. The summed E-state index contributed by atoms with van der Waals surface area (Å²) in [5.41, 5.74) is 4.73. The molecule has 5 heteroatoms. The number of aromatic hydroxyl groups is 1. The molecule has 0 fully saturated rings.